The molecule has 2 amide bonds. The van der Waals surface area contributed by atoms with Crippen LogP contribution in [0.3, 0.4) is 0 Å². The van der Waals surface area contributed by atoms with Crippen LogP contribution in [0.4, 0.5) is 11.5 Å². The van der Waals surface area contributed by atoms with Gasteiger partial charge in [-0.1, -0.05) is 29.8 Å². The van der Waals surface area contributed by atoms with Crippen molar-refractivity contribution in [2.75, 3.05) is 36.4 Å². The number of rotatable bonds is 3. The molecule has 1 fully saturated rings. The van der Waals surface area contributed by atoms with E-state index in [0.717, 1.165) is 41.3 Å². The van der Waals surface area contributed by atoms with Crippen molar-refractivity contribution < 1.29 is 9.59 Å². The lowest BCUT2D eigenvalue weighted by atomic mass is 10.1. The molecule has 156 valence electrons. The molecule has 5 rings (SSSR count). The minimum absolute atomic E-state index is 0.00661. The molecule has 0 atom stereocenters. The first-order chi connectivity index (χ1) is 15.1. The van der Waals surface area contributed by atoms with Crippen molar-refractivity contribution >= 4 is 34.9 Å². The van der Waals surface area contributed by atoms with Crippen LogP contribution in [0, 0.1) is 0 Å². The number of pyridine rings is 1. The molecule has 0 aliphatic carbocycles. The van der Waals surface area contributed by atoms with E-state index in [1.54, 1.807) is 6.07 Å². The maximum absolute atomic E-state index is 12.9. The van der Waals surface area contributed by atoms with E-state index >= 15 is 0 Å². The number of carbonyl (C=O) groups excluding carboxylic acids is 2. The van der Waals surface area contributed by atoms with Gasteiger partial charge in [-0.3, -0.25) is 9.59 Å². The zero-order valence-electron chi connectivity index (χ0n) is 16.8. The molecule has 0 saturated carbocycles. The van der Waals surface area contributed by atoms with Gasteiger partial charge in [-0.25, -0.2) is 4.98 Å². The number of fused-ring (bicyclic) bond motifs is 1. The summed E-state index contributed by atoms with van der Waals surface area (Å²) in [5, 5.41) is 3.51. The summed E-state index contributed by atoms with van der Waals surface area (Å²) in [6.45, 7) is 2.69. The molecular formula is C24H21ClN4O2. The van der Waals surface area contributed by atoms with E-state index < -0.39 is 0 Å². The van der Waals surface area contributed by atoms with Crippen LogP contribution < -0.4 is 10.2 Å². The van der Waals surface area contributed by atoms with Gasteiger partial charge in [-0.2, -0.15) is 0 Å². The fourth-order valence-corrected chi connectivity index (χ4v) is 4.27. The largest absolute Gasteiger partial charge is 0.353 e. The molecule has 31 heavy (non-hydrogen) atoms. The van der Waals surface area contributed by atoms with E-state index in [2.05, 4.69) is 15.2 Å². The molecule has 0 spiro atoms. The van der Waals surface area contributed by atoms with Crippen molar-refractivity contribution in [3.05, 3.63) is 76.9 Å². The van der Waals surface area contributed by atoms with Gasteiger partial charge >= 0.3 is 0 Å². The van der Waals surface area contributed by atoms with Gasteiger partial charge in [-0.05, 0) is 47.5 Å². The average Bonchev–Trinajstić information content (AvgIpc) is 3.18. The average molecular weight is 433 g/mol. The van der Waals surface area contributed by atoms with Crippen LogP contribution in [0.25, 0.3) is 11.1 Å². The fourth-order valence-electron chi connectivity index (χ4n) is 4.08. The van der Waals surface area contributed by atoms with Crippen LogP contribution in [-0.2, 0) is 11.2 Å². The van der Waals surface area contributed by atoms with E-state index in [-0.39, 0.29) is 11.8 Å². The number of carbonyl (C=O) groups is 2. The predicted octanol–water partition coefficient (Wildman–Crippen LogP) is 3.86. The Balaban J connectivity index is 1.23. The Labute approximate surface area is 185 Å². The minimum Gasteiger partial charge on any atom is -0.353 e. The number of nitrogens with zero attached hydrogens (tertiary/aromatic N) is 3. The highest BCUT2D eigenvalue weighted by Crippen LogP contribution is 2.26. The molecule has 2 aliphatic rings. The highest BCUT2D eigenvalue weighted by atomic mass is 35.5. The Bertz CT molecular complexity index is 1150. The third kappa shape index (κ3) is 3.99. The Kier molecular flexibility index (Phi) is 5.08. The van der Waals surface area contributed by atoms with Gasteiger partial charge in [0.1, 0.15) is 5.82 Å². The number of anilines is 2. The van der Waals surface area contributed by atoms with Gasteiger partial charge < -0.3 is 15.1 Å². The lowest BCUT2D eigenvalue weighted by Gasteiger charge is -2.35. The predicted molar refractivity (Wildman–Crippen MR) is 122 cm³/mol. The molecule has 1 saturated heterocycles. The summed E-state index contributed by atoms with van der Waals surface area (Å²) in [6.07, 6.45) is 2.24. The first-order valence-electron chi connectivity index (χ1n) is 10.3. The lowest BCUT2D eigenvalue weighted by molar-refractivity contribution is -0.115. The Morgan fingerprint density at radius 2 is 1.81 bits per heavy atom. The number of halogens is 1. The summed E-state index contributed by atoms with van der Waals surface area (Å²) in [6, 6.07) is 17.2. The van der Waals surface area contributed by atoms with E-state index in [9.17, 15) is 9.59 Å². The van der Waals surface area contributed by atoms with Crippen molar-refractivity contribution in [3.8, 4) is 11.1 Å². The van der Waals surface area contributed by atoms with E-state index in [1.807, 2.05) is 59.6 Å². The number of piperazine rings is 1. The van der Waals surface area contributed by atoms with Crippen LogP contribution in [0.15, 0.2) is 60.8 Å². The first-order valence-corrected chi connectivity index (χ1v) is 10.6. The minimum atomic E-state index is -0.0258. The van der Waals surface area contributed by atoms with E-state index in [0.29, 0.717) is 30.1 Å². The van der Waals surface area contributed by atoms with Gasteiger partial charge in [0.15, 0.2) is 0 Å². The molecule has 7 heteroatoms. The Hall–Kier alpha value is -3.38. The number of amides is 2. The van der Waals surface area contributed by atoms with Crippen molar-refractivity contribution in [1.29, 1.82) is 0 Å². The smallest absolute Gasteiger partial charge is 0.254 e. The summed E-state index contributed by atoms with van der Waals surface area (Å²) < 4.78 is 0. The van der Waals surface area contributed by atoms with Crippen molar-refractivity contribution in [2.24, 2.45) is 0 Å². The van der Waals surface area contributed by atoms with Crippen LogP contribution in [0.2, 0.25) is 5.02 Å². The van der Waals surface area contributed by atoms with Crippen LogP contribution in [0.1, 0.15) is 15.9 Å². The molecule has 2 aromatic carbocycles. The highest BCUT2D eigenvalue weighted by molar-refractivity contribution is 6.30. The summed E-state index contributed by atoms with van der Waals surface area (Å²) in [5.74, 6) is 0.869. The van der Waals surface area contributed by atoms with Crippen molar-refractivity contribution in [2.45, 2.75) is 6.42 Å². The molecule has 1 aromatic heterocycles. The molecule has 3 aromatic rings. The second kappa shape index (κ2) is 8.04. The Morgan fingerprint density at radius 3 is 2.55 bits per heavy atom. The normalized spacial score (nSPS) is 15.6. The van der Waals surface area contributed by atoms with Gasteiger partial charge in [0.2, 0.25) is 5.91 Å². The first kappa shape index (κ1) is 19.6. The molecule has 2 aliphatic heterocycles. The van der Waals surface area contributed by atoms with Gasteiger partial charge in [0.05, 0.1) is 6.42 Å². The number of nitrogens with one attached hydrogen (secondary N) is 1. The summed E-state index contributed by atoms with van der Waals surface area (Å²) in [7, 11) is 0. The summed E-state index contributed by atoms with van der Waals surface area (Å²) >= 11 is 6.09. The number of aromatic nitrogens is 1. The van der Waals surface area contributed by atoms with Crippen molar-refractivity contribution in [3.63, 3.8) is 0 Å². The third-order valence-corrected chi connectivity index (χ3v) is 6.01. The van der Waals surface area contributed by atoms with Gasteiger partial charge in [0.25, 0.3) is 5.91 Å². The summed E-state index contributed by atoms with van der Waals surface area (Å²) in [4.78, 5) is 33.1. The standard InChI is InChI=1S/C24H21ClN4O2/c25-20-3-1-2-16(12-20)19-6-7-22(26-15-19)28-8-10-29(11-9-28)24(31)18-5-4-17-14-23(30)27-21(17)13-18/h1-7,12-13,15H,8-11,14H2,(H,27,30). The quantitative estimate of drug-likeness (QED) is 0.682. The SMILES string of the molecule is O=C1Cc2ccc(C(=O)N3CCN(c4ccc(-c5cccc(Cl)c5)cn4)CC3)cc2N1. The van der Waals surface area contributed by atoms with E-state index in [1.165, 1.54) is 0 Å². The molecule has 3 heterocycles. The van der Waals surface area contributed by atoms with Crippen LogP contribution in [-0.4, -0.2) is 47.9 Å². The molecule has 0 bridgehead atoms. The van der Waals surface area contributed by atoms with Gasteiger partial charge in [-0.15, -0.1) is 0 Å². The zero-order chi connectivity index (χ0) is 21.4. The van der Waals surface area contributed by atoms with Gasteiger partial charge in [0, 0.05) is 54.2 Å². The Morgan fingerprint density at radius 1 is 0.968 bits per heavy atom. The number of hydrogen-bond donors (Lipinski definition) is 1. The molecule has 6 nitrogen and oxygen atoms in total. The monoisotopic (exact) mass is 432 g/mol. The van der Waals surface area contributed by atoms with Crippen LogP contribution in [0.5, 0.6) is 0 Å². The highest BCUT2D eigenvalue weighted by Gasteiger charge is 2.25. The second-order valence-corrected chi connectivity index (χ2v) is 8.23. The molecule has 0 unspecified atom stereocenters. The van der Waals surface area contributed by atoms with E-state index in [4.69, 9.17) is 11.6 Å². The number of benzene rings is 2. The third-order valence-electron chi connectivity index (χ3n) is 5.78. The maximum Gasteiger partial charge on any atom is 0.254 e. The van der Waals surface area contributed by atoms with Crippen LogP contribution >= 0.6 is 11.6 Å². The second-order valence-electron chi connectivity index (χ2n) is 7.79. The lowest BCUT2D eigenvalue weighted by Crippen LogP contribution is -2.49. The topological polar surface area (TPSA) is 65.5 Å². The maximum atomic E-state index is 12.9. The van der Waals surface area contributed by atoms with Crippen molar-refractivity contribution in [1.82, 2.24) is 9.88 Å². The summed E-state index contributed by atoms with van der Waals surface area (Å²) in [5.41, 5.74) is 4.35. The molecule has 1 N–H and O–H groups in total. The number of hydrogen-bond acceptors (Lipinski definition) is 4. The molecule has 0 radical (unpaired) electrons. The zero-order valence-corrected chi connectivity index (χ0v) is 17.6. The fraction of sp³-hybridized carbons (Fsp3) is 0.208. The molecular weight excluding hydrogens is 412 g/mol.